The van der Waals surface area contributed by atoms with Gasteiger partial charge in [-0.2, -0.15) is 0 Å². The molecule has 27 heavy (non-hydrogen) atoms. The van der Waals surface area contributed by atoms with Crippen LogP contribution in [-0.4, -0.2) is 27.7 Å². The average Bonchev–Trinajstić information content (AvgIpc) is 3.21. The Balaban J connectivity index is 1.41. The van der Waals surface area contributed by atoms with Crippen LogP contribution in [0.25, 0.3) is 0 Å². The fourth-order valence-electron chi connectivity index (χ4n) is 7.85. The van der Waals surface area contributed by atoms with Crippen molar-refractivity contribution in [2.24, 2.45) is 28.6 Å². The van der Waals surface area contributed by atoms with Gasteiger partial charge in [-0.25, -0.2) is 0 Å². The van der Waals surface area contributed by atoms with Gasteiger partial charge >= 0.3 is 5.97 Å². The Bertz CT molecular complexity index is 667. The molecule has 1 aliphatic heterocycles. The molecule has 0 aromatic carbocycles. The van der Waals surface area contributed by atoms with Gasteiger partial charge in [-0.15, -0.1) is 23.5 Å². The standard InChI is InChI=1S/C23H34O2S2/c1-15(24)25-17-6-9-21(2)16(14-17)4-5-18-19(21)7-10-22(3)20(18)8-11-23(22)26-12-13-27-23/h4,17-20H,5-14H2,1-3H3/t17-,18-,19+,20+,21-,22-/m0/s1. The second kappa shape index (κ2) is 6.45. The fraction of sp³-hybridized carbons (Fsp3) is 0.870. The molecule has 0 aromatic rings. The lowest BCUT2D eigenvalue weighted by Gasteiger charge is -2.59. The summed E-state index contributed by atoms with van der Waals surface area (Å²) in [7, 11) is 0. The van der Waals surface area contributed by atoms with Gasteiger partial charge in [0, 0.05) is 24.9 Å². The highest BCUT2D eigenvalue weighted by Gasteiger charge is 2.65. The van der Waals surface area contributed by atoms with Crippen molar-refractivity contribution in [2.75, 3.05) is 11.5 Å². The Hall–Kier alpha value is -0.0900. The first-order chi connectivity index (χ1) is 12.9. The summed E-state index contributed by atoms with van der Waals surface area (Å²) < 4.78 is 6.11. The maximum Gasteiger partial charge on any atom is 0.302 e. The molecule has 1 heterocycles. The summed E-state index contributed by atoms with van der Waals surface area (Å²) >= 11 is 4.61. The van der Waals surface area contributed by atoms with E-state index < -0.39 is 0 Å². The lowest BCUT2D eigenvalue weighted by molar-refractivity contribution is -0.148. The van der Waals surface area contributed by atoms with Crippen LogP contribution in [0.1, 0.15) is 72.1 Å². The Labute approximate surface area is 173 Å². The van der Waals surface area contributed by atoms with E-state index in [2.05, 4.69) is 43.4 Å². The molecule has 5 aliphatic rings. The van der Waals surface area contributed by atoms with Gasteiger partial charge in [0.2, 0.25) is 0 Å². The minimum atomic E-state index is -0.117. The summed E-state index contributed by atoms with van der Waals surface area (Å²) in [6.07, 6.45) is 12.9. The first-order valence-electron chi connectivity index (χ1n) is 11.0. The van der Waals surface area contributed by atoms with E-state index in [1.54, 1.807) is 12.5 Å². The predicted molar refractivity (Wildman–Crippen MR) is 115 cm³/mol. The van der Waals surface area contributed by atoms with Crippen LogP contribution in [0.2, 0.25) is 0 Å². The van der Waals surface area contributed by atoms with E-state index in [4.69, 9.17) is 4.74 Å². The van der Waals surface area contributed by atoms with Gasteiger partial charge in [-0.05, 0) is 73.5 Å². The van der Waals surface area contributed by atoms with E-state index in [-0.39, 0.29) is 12.1 Å². The quantitative estimate of drug-likeness (QED) is 0.391. The maximum atomic E-state index is 11.4. The minimum Gasteiger partial charge on any atom is -0.462 e. The number of carbonyl (C=O) groups excluding carboxylic acids is 1. The van der Waals surface area contributed by atoms with Crippen LogP contribution >= 0.6 is 23.5 Å². The van der Waals surface area contributed by atoms with Crippen molar-refractivity contribution in [3.05, 3.63) is 11.6 Å². The summed E-state index contributed by atoms with van der Waals surface area (Å²) in [6, 6.07) is 0. The lowest BCUT2D eigenvalue weighted by Crippen LogP contribution is -2.52. The number of ether oxygens (including phenoxy) is 1. The van der Waals surface area contributed by atoms with Crippen molar-refractivity contribution in [3.8, 4) is 0 Å². The van der Waals surface area contributed by atoms with Gasteiger partial charge in [0.05, 0.1) is 4.08 Å². The van der Waals surface area contributed by atoms with E-state index >= 15 is 0 Å². The molecule has 1 saturated heterocycles. The second-order valence-corrected chi connectivity index (χ2v) is 13.2. The third-order valence-electron chi connectivity index (χ3n) is 9.19. The molecule has 150 valence electrons. The summed E-state index contributed by atoms with van der Waals surface area (Å²) in [5.74, 6) is 5.24. The number of fused-ring (bicyclic) bond motifs is 6. The molecule has 4 aliphatic carbocycles. The molecule has 4 heteroatoms. The van der Waals surface area contributed by atoms with Crippen molar-refractivity contribution in [2.45, 2.75) is 82.3 Å². The zero-order valence-electron chi connectivity index (χ0n) is 17.1. The number of carbonyl (C=O) groups is 1. The Morgan fingerprint density at radius 2 is 1.81 bits per heavy atom. The molecule has 0 aromatic heterocycles. The molecule has 0 radical (unpaired) electrons. The van der Waals surface area contributed by atoms with Crippen LogP contribution in [0, 0.1) is 28.6 Å². The second-order valence-electron chi connectivity index (χ2n) is 10.2. The fourth-order valence-corrected chi connectivity index (χ4v) is 11.7. The predicted octanol–water partition coefficient (Wildman–Crippen LogP) is 6.06. The maximum absolute atomic E-state index is 11.4. The molecule has 5 rings (SSSR count). The Morgan fingerprint density at radius 1 is 1.07 bits per heavy atom. The van der Waals surface area contributed by atoms with E-state index in [1.807, 2.05) is 0 Å². The summed E-state index contributed by atoms with van der Waals surface area (Å²) in [5, 5.41) is 0. The minimum absolute atomic E-state index is 0.117. The van der Waals surface area contributed by atoms with E-state index in [0.717, 1.165) is 30.6 Å². The smallest absolute Gasteiger partial charge is 0.302 e. The normalized spacial score (nSPS) is 47.7. The third kappa shape index (κ3) is 2.64. The molecular weight excluding hydrogens is 372 g/mol. The van der Waals surface area contributed by atoms with Gasteiger partial charge in [0.1, 0.15) is 6.10 Å². The topological polar surface area (TPSA) is 26.3 Å². The number of allylic oxidation sites excluding steroid dienone is 1. The number of hydrogen-bond donors (Lipinski definition) is 0. The van der Waals surface area contributed by atoms with Gasteiger partial charge in [0.25, 0.3) is 0 Å². The highest BCUT2D eigenvalue weighted by Crippen LogP contribution is 2.73. The average molecular weight is 407 g/mol. The zero-order valence-corrected chi connectivity index (χ0v) is 18.7. The van der Waals surface area contributed by atoms with Crippen molar-refractivity contribution in [3.63, 3.8) is 0 Å². The van der Waals surface area contributed by atoms with Gasteiger partial charge in [-0.1, -0.05) is 25.5 Å². The Morgan fingerprint density at radius 3 is 2.56 bits per heavy atom. The zero-order chi connectivity index (χ0) is 18.9. The highest BCUT2D eigenvalue weighted by molar-refractivity contribution is 8.21. The van der Waals surface area contributed by atoms with Crippen molar-refractivity contribution < 1.29 is 9.53 Å². The molecular formula is C23H34O2S2. The molecule has 3 saturated carbocycles. The van der Waals surface area contributed by atoms with Gasteiger partial charge in [0.15, 0.2) is 0 Å². The van der Waals surface area contributed by atoms with Crippen LogP contribution in [0.5, 0.6) is 0 Å². The van der Waals surface area contributed by atoms with Crippen molar-refractivity contribution in [1.29, 1.82) is 0 Å². The molecule has 0 amide bonds. The molecule has 0 bridgehead atoms. The summed E-state index contributed by atoms with van der Waals surface area (Å²) in [4.78, 5) is 11.4. The van der Waals surface area contributed by atoms with Crippen LogP contribution in [0.15, 0.2) is 11.6 Å². The monoisotopic (exact) mass is 406 g/mol. The highest BCUT2D eigenvalue weighted by atomic mass is 32.2. The Kier molecular flexibility index (Phi) is 4.52. The molecule has 0 N–H and O–H groups in total. The summed E-state index contributed by atoms with van der Waals surface area (Å²) in [6.45, 7) is 6.76. The molecule has 0 unspecified atom stereocenters. The number of rotatable bonds is 1. The number of esters is 1. The SMILES string of the molecule is CC(=O)O[C@H]1CC[C@@]2(C)C(=CC[C@H]3[C@H]2CC[C@@]2(C)[C@@H]3CCC23SCCS3)C1. The number of hydrogen-bond acceptors (Lipinski definition) is 4. The molecule has 4 fully saturated rings. The van der Waals surface area contributed by atoms with E-state index in [9.17, 15) is 4.79 Å². The van der Waals surface area contributed by atoms with Crippen LogP contribution in [0.3, 0.4) is 0 Å². The van der Waals surface area contributed by atoms with Crippen LogP contribution in [0.4, 0.5) is 0 Å². The first kappa shape index (κ1) is 18.9. The van der Waals surface area contributed by atoms with Crippen molar-refractivity contribution in [1.82, 2.24) is 0 Å². The van der Waals surface area contributed by atoms with Gasteiger partial charge in [-0.3, -0.25) is 4.79 Å². The molecule has 6 atom stereocenters. The summed E-state index contributed by atoms with van der Waals surface area (Å²) in [5.41, 5.74) is 2.51. The van der Waals surface area contributed by atoms with E-state index in [0.29, 0.717) is 14.9 Å². The molecule has 1 spiro atoms. The van der Waals surface area contributed by atoms with Crippen LogP contribution in [-0.2, 0) is 9.53 Å². The van der Waals surface area contributed by atoms with Crippen molar-refractivity contribution >= 4 is 29.5 Å². The van der Waals surface area contributed by atoms with E-state index in [1.165, 1.54) is 50.0 Å². The van der Waals surface area contributed by atoms with Crippen LogP contribution < -0.4 is 0 Å². The molecule has 2 nitrogen and oxygen atoms in total. The number of thioether (sulfide) groups is 2. The van der Waals surface area contributed by atoms with Gasteiger partial charge < -0.3 is 4.74 Å². The first-order valence-corrected chi connectivity index (χ1v) is 13.0. The third-order valence-corrected chi connectivity index (χ3v) is 13.2. The lowest BCUT2D eigenvalue weighted by atomic mass is 9.48. The largest absolute Gasteiger partial charge is 0.462 e.